The number of amides is 1. The summed E-state index contributed by atoms with van der Waals surface area (Å²) in [6.07, 6.45) is 1.53. The van der Waals surface area contributed by atoms with Gasteiger partial charge in [0, 0.05) is 35.6 Å². The Balaban J connectivity index is 1.70. The molecule has 0 fully saturated rings. The van der Waals surface area contributed by atoms with Crippen molar-refractivity contribution in [1.29, 1.82) is 0 Å². The van der Waals surface area contributed by atoms with Crippen LogP contribution in [0.2, 0.25) is 0 Å². The van der Waals surface area contributed by atoms with Crippen molar-refractivity contribution >= 4 is 17.4 Å². The maximum absolute atomic E-state index is 13.7. The number of carbonyl (C=O) groups excluding carboxylic acids is 1. The molecule has 0 aliphatic carbocycles. The molecule has 2 N–H and O–H groups in total. The standard InChI is InChI=1S/C21H20FN3O3/c1-27-18-8-7-16(12-19(18)28-2)25-20-11-14(9-10-23-20)21(26)24-13-15-5-3-4-6-17(15)22/h3-12H,13H2,1-2H3,(H,23,25)(H,24,26). The molecule has 0 bridgehead atoms. The lowest BCUT2D eigenvalue weighted by Gasteiger charge is -2.11. The SMILES string of the molecule is COc1ccc(Nc2cc(C(=O)NCc3ccccc3F)ccn2)cc1OC. The Bertz CT molecular complexity index is 979. The summed E-state index contributed by atoms with van der Waals surface area (Å²) in [6, 6.07) is 14.9. The van der Waals surface area contributed by atoms with E-state index in [9.17, 15) is 9.18 Å². The molecule has 1 aromatic heterocycles. The molecule has 0 aliphatic heterocycles. The van der Waals surface area contributed by atoms with Crippen molar-refractivity contribution < 1.29 is 18.7 Å². The van der Waals surface area contributed by atoms with E-state index in [0.717, 1.165) is 5.69 Å². The molecule has 28 heavy (non-hydrogen) atoms. The molecule has 0 aliphatic rings. The number of benzene rings is 2. The van der Waals surface area contributed by atoms with Gasteiger partial charge in [-0.05, 0) is 30.3 Å². The van der Waals surface area contributed by atoms with Crippen LogP contribution in [0.1, 0.15) is 15.9 Å². The Labute approximate surface area is 162 Å². The minimum Gasteiger partial charge on any atom is -0.493 e. The summed E-state index contributed by atoms with van der Waals surface area (Å²) in [5.74, 6) is 1.01. The molecule has 144 valence electrons. The second-order valence-corrected chi connectivity index (χ2v) is 5.90. The van der Waals surface area contributed by atoms with Crippen molar-refractivity contribution in [3.05, 3.63) is 77.7 Å². The number of nitrogens with zero attached hydrogens (tertiary/aromatic N) is 1. The first-order chi connectivity index (χ1) is 13.6. The zero-order valence-electron chi connectivity index (χ0n) is 15.5. The molecule has 0 saturated heterocycles. The lowest BCUT2D eigenvalue weighted by atomic mass is 10.2. The third-order valence-corrected chi connectivity index (χ3v) is 4.08. The van der Waals surface area contributed by atoms with Crippen LogP contribution >= 0.6 is 0 Å². The van der Waals surface area contributed by atoms with E-state index in [1.807, 2.05) is 6.07 Å². The summed E-state index contributed by atoms with van der Waals surface area (Å²) in [6.45, 7) is 0.103. The molecule has 0 radical (unpaired) electrons. The molecule has 0 atom stereocenters. The van der Waals surface area contributed by atoms with Crippen LogP contribution in [0.15, 0.2) is 60.8 Å². The summed E-state index contributed by atoms with van der Waals surface area (Å²) in [4.78, 5) is 16.6. The van der Waals surface area contributed by atoms with Gasteiger partial charge in [-0.25, -0.2) is 9.37 Å². The molecule has 6 nitrogen and oxygen atoms in total. The van der Waals surface area contributed by atoms with Gasteiger partial charge in [-0.2, -0.15) is 0 Å². The Morgan fingerprint density at radius 2 is 1.82 bits per heavy atom. The number of anilines is 2. The highest BCUT2D eigenvalue weighted by molar-refractivity contribution is 5.94. The van der Waals surface area contributed by atoms with E-state index in [-0.39, 0.29) is 18.3 Å². The number of hydrogen-bond acceptors (Lipinski definition) is 5. The second kappa shape index (κ2) is 8.85. The maximum atomic E-state index is 13.7. The lowest BCUT2D eigenvalue weighted by molar-refractivity contribution is 0.0950. The van der Waals surface area contributed by atoms with Crippen LogP contribution in [0, 0.1) is 5.82 Å². The molecule has 3 rings (SSSR count). The van der Waals surface area contributed by atoms with E-state index in [1.165, 1.54) is 12.3 Å². The topological polar surface area (TPSA) is 72.5 Å². The molecule has 3 aromatic rings. The Morgan fingerprint density at radius 3 is 2.57 bits per heavy atom. The first-order valence-electron chi connectivity index (χ1n) is 8.57. The molecule has 2 aromatic carbocycles. The highest BCUT2D eigenvalue weighted by atomic mass is 19.1. The van der Waals surface area contributed by atoms with Crippen LogP contribution in [-0.4, -0.2) is 25.1 Å². The van der Waals surface area contributed by atoms with Gasteiger partial charge in [0.2, 0.25) is 0 Å². The van der Waals surface area contributed by atoms with Gasteiger partial charge in [-0.1, -0.05) is 18.2 Å². The van der Waals surface area contributed by atoms with Crippen molar-refractivity contribution in [2.45, 2.75) is 6.54 Å². The van der Waals surface area contributed by atoms with Gasteiger partial charge in [-0.3, -0.25) is 4.79 Å². The predicted octanol–water partition coefficient (Wildman–Crippen LogP) is 3.91. The minimum absolute atomic E-state index is 0.103. The molecule has 0 spiro atoms. The van der Waals surface area contributed by atoms with Crippen molar-refractivity contribution in [3.8, 4) is 11.5 Å². The number of hydrogen-bond donors (Lipinski definition) is 2. The van der Waals surface area contributed by atoms with E-state index in [1.54, 1.807) is 56.7 Å². The summed E-state index contributed by atoms with van der Waals surface area (Å²) < 4.78 is 24.2. The number of pyridine rings is 1. The van der Waals surface area contributed by atoms with Crippen LogP contribution in [0.25, 0.3) is 0 Å². The van der Waals surface area contributed by atoms with Crippen molar-refractivity contribution in [1.82, 2.24) is 10.3 Å². The number of ether oxygens (including phenoxy) is 2. The van der Waals surface area contributed by atoms with Crippen molar-refractivity contribution in [2.24, 2.45) is 0 Å². The van der Waals surface area contributed by atoms with Crippen LogP contribution in [0.5, 0.6) is 11.5 Å². The van der Waals surface area contributed by atoms with Crippen LogP contribution in [-0.2, 0) is 6.54 Å². The van der Waals surface area contributed by atoms with E-state index >= 15 is 0 Å². The van der Waals surface area contributed by atoms with Crippen LogP contribution in [0.4, 0.5) is 15.9 Å². The quantitative estimate of drug-likeness (QED) is 0.649. The molecule has 1 heterocycles. The summed E-state index contributed by atoms with van der Waals surface area (Å²) in [5.41, 5.74) is 1.57. The number of methoxy groups -OCH3 is 2. The number of carbonyl (C=O) groups is 1. The van der Waals surface area contributed by atoms with Gasteiger partial charge in [0.15, 0.2) is 11.5 Å². The van der Waals surface area contributed by atoms with Crippen molar-refractivity contribution in [2.75, 3.05) is 19.5 Å². The summed E-state index contributed by atoms with van der Waals surface area (Å²) in [5, 5.41) is 5.83. The number of rotatable bonds is 7. The summed E-state index contributed by atoms with van der Waals surface area (Å²) in [7, 11) is 3.12. The normalized spacial score (nSPS) is 10.2. The minimum atomic E-state index is -0.353. The smallest absolute Gasteiger partial charge is 0.251 e. The Morgan fingerprint density at radius 1 is 1.04 bits per heavy atom. The fourth-order valence-electron chi connectivity index (χ4n) is 2.62. The Kier molecular flexibility index (Phi) is 6.06. The molecule has 1 amide bonds. The van der Waals surface area contributed by atoms with Gasteiger partial charge in [-0.15, -0.1) is 0 Å². The van der Waals surface area contributed by atoms with Gasteiger partial charge < -0.3 is 20.1 Å². The van der Waals surface area contributed by atoms with Crippen LogP contribution < -0.4 is 20.1 Å². The van der Waals surface area contributed by atoms with Gasteiger partial charge in [0.05, 0.1) is 14.2 Å². The number of halogens is 1. The molecule has 0 unspecified atom stereocenters. The van der Waals surface area contributed by atoms with Gasteiger partial charge >= 0.3 is 0 Å². The molecular formula is C21H20FN3O3. The van der Waals surface area contributed by atoms with Crippen LogP contribution in [0.3, 0.4) is 0 Å². The number of nitrogens with one attached hydrogen (secondary N) is 2. The number of aromatic nitrogens is 1. The average Bonchev–Trinajstić information content (AvgIpc) is 2.73. The van der Waals surface area contributed by atoms with Gasteiger partial charge in [0.25, 0.3) is 5.91 Å². The van der Waals surface area contributed by atoms with Gasteiger partial charge in [0.1, 0.15) is 11.6 Å². The van der Waals surface area contributed by atoms with Crippen molar-refractivity contribution in [3.63, 3.8) is 0 Å². The lowest BCUT2D eigenvalue weighted by Crippen LogP contribution is -2.23. The zero-order valence-corrected chi connectivity index (χ0v) is 15.5. The average molecular weight is 381 g/mol. The zero-order chi connectivity index (χ0) is 19.9. The van der Waals surface area contributed by atoms with E-state index < -0.39 is 0 Å². The Hall–Kier alpha value is -3.61. The third-order valence-electron chi connectivity index (χ3n) is 4.08. The van der Waals surface area contributed by atoms with E-state index in [4.69, 9.17) is 9.47 Å². The fourth-order valence-corrected chi connectivity index (χ4v) is 2.62. The maximum Gasteiger partial charge on any atom is 0.251 e. The third kappa shape index (κ3) is 4.56. The van der Waals surface area contributed by atoms with E-state index in [2.05, 4.69) is 15.6 Å². The first-order valence-corrected chi connectivity index (χ1v) is 8.57. The predicted molar refractivity (Wildman–Crippen MR) is 105 cm³/mol. The highest BCUT2D eigenvalue weighted by Gasteiger charge is 2.10. The largest absolute Gasteiger partial charge is 0.493 e. The van der Waals surface area contributed by atoms with E-state index in [0.29, 0.717) is 28.4 Å². The molecule has 7 heteroatoms. The summed E-state index contributed by atoms with van der Waals surface area (Å²) >= 11 is 0. The molecule has 0 saturated carbocycles. The first kappa shape index (κ1) is 19.2. The fraction of sp³-hybridized carbons (Fsp3) is 0.143. The monoisotopic (exact) mass is 381 g/mol. The highest BCUT2D eigenvalue weighted by Crippen LogP contribution is 2.30. The second-order valence-electron chi connectivity index (χ2n) is 5.90. The molecular weight excluding hydrogens is 361 g/mol.